The highest BCUT2D eigenvalue weighted by Crippen LogP contribution is 2.46. The lowest BCUT2D eigenvalue weighted by atomic mass is 9.72. The number of hydrogen-bond acceptors (Lipinski definition) is 7. The van der Waals surface area contributed by atoms with Gasteiger partial charge in [-0.15, -0.1) is 0 Å². The highest BCUT2D eigenvalue weighted by Gasteiger charge is 2.73. The molecular formula is C26H18Cl4O7. The van der Waals surface area contributed by atoms with E-state index < -0.39 is 47.0 Å². The first-order chi connectivity index (χ1) is 17.5. The molecule has 3 aromatic carbocycles. The molecule has 0 radical (unpaired) electrons. The summed E-state index contributed by atoms with van der Waals surface area (Å²) in [6.45, 7) is -0.725. The van der Waals surface area contributed by atoms with E-state index in [9.17, 15) is 24.6 Å². The molecule has 1 aliphatic heterocycles. The third-order valence-electron chi connectivity index (χ3n) is 6.01. The highest BCUT2D eigenvalue weighted by molar-refractivity contribution is 6.31. The Morgan fingerprint density at radius 3 is 1.51 bits per heavy atom. The zero-order valence-electron chi connectivity index (χ0n) is 18.7. The lowest BCUT2D eigenvalue weighted by Gasteiger charge is -2.37. The summed E-state index contributed by atoms with van der Waals surface area (Å²) in [5.41, 5.74) is -7.90. The normalized spacial score (nSPS) is 25.0. The number of halogens is 4. The van der Waals surface area contributed by atoms with Crippen molar-refractivity contribution in [2.24, 2.45) is 0 Å². The molecule has 0 bridgehead atoms. The van der Waals surface area contributed by atoms with Crippen LogP contribution < -0.4 is 0 Å². The van der Waals surface area contributed by atoms with Crippen LogP contribution in [0.25, 0.3) is 0 Å². The Hall–Kier alpha value is -2.49. The van der Waals surface area contributed by atoms with Crippen molar-refractivity contribution in [3.05, 3.63) is 105 Å². The molecule has 1 fully saturated rings. The van der Waals surface area contributed by atoms with Crippen molar-refractivity contribution in [3.8, 4) is 0 Å². The number of Topliss-reactive ketones (excluding diaryl/α,β-unsaturated/α-hetero) is 2. The number of aliphatic hydroxyl groups is 2. The molecule has 0 amide bonds. The number of rotatable bonds is 7. The van der Waals surface area contributed by atoms with Gasteiger partial charge in [-0.2, -0.15) is 0 Å². The fourth-order valence-corrected chi connectivity index (χ4v) is 4.75. The third kappa shape index (κ3) is 5.01. The van der Waals surface area contributed by atoms with Crippen molar-refractivity contribution < 1.29 is 34.1 Å². The van der Waals surface area contributed by atoms with Crippen LogP contribution in [0, 0.1) is 0 Å². The first-order valence-corrected chi connectivity index (χ1v) is 12.3. The molecule has 0 aliphatic carbocycles. The standard InChI is InChI=1S/C26H18Cl4O7/c27-17-7-1-14(2-8-17)21(31)25(34)20(13-36-23(33)16-5-11-19(29)12-6-16)37-24(30)26(25,35)22(32)15-3-9-18(28)10-4-15/h1-12,20,24,34-35H,13H2/t20-,24+,25+,26-/m1/s1. The summed E-state index contributed by atoms with van der Waals surface area (Å²) in [4.78, 5) is 39.7. The van der Waals surface area contributed by atoms with E-state index in [0.717, 1.165) is 0 Å². The Balaban J connectivity index is 1.73. The van der Waals surface area contributed by atoms with Gasteiger partial charge >= 0.3 is 5.97 Å². The molecule has 4 rings (SSSR count). The molecule has 2 N–H and O–H groups in total. The second-order valence-electron chi connectivity index (χ2n) is 8.25. The second kappa shape index (κ2) is 10.7. The van der Waals surface area contributed by atoms with Crippen molar-refractivity contribution in [1.82, 2.24) is 0 Å². The van der Waals surface area contributed by atoms with E-state index in [4.69, 9.17) is 55.9 Å². The lowest BCUT2D eigenvalue weighted by Crippen LogP contribution is -2.67. The highest BCUT2D eigenvalue weighted by atomic mass is 35.5. The van der Waals surface area contributed by atoms with Crippen LogP contribution in [0.15, 0.2) is 72.8 Å². The fourth-order valence-electron chi connectivity index (χ4n) is 3.98. The number of ether oxygens (including phenoxy) is 2. The van der Waals surface area contributed by atoms with Crippen LogP contribution in [0.5, 0.6) is 0 Å². The number of alkyl halides is 1. The van der Waals surface area contributed by atoms with Crippen LogP contribution in [-0.4, -0.2) is 57.2 Å². The van der Waals surface area contributed by atoms with Gasteiger partial charge in [0.1, 0.15) is 12.7 Å². The van der Waals surface area contributed by atoms with E-state index in [-0.39, 0.29) is 16.7 Å². The van der Waals surface area contributed by atoms with E-state index in [1.54, 1.807) is 0 Å². The molecule has 1 heterocycles. The van der Waals surface area contributed by atoms with Gasteiger partial charge in [0.25, 0.3) is 0 Å². The smallest absolute Gasteiger partial charge is 0.338 e. The molecule has 0 saturated carbocycles. The Kier molecular flexibility index (Phi) is 7.97. The molecule has 0 spiro atoms. The van der Waals surface area contributed by atoms with Crippen LogP contribution in [0.3, 0.4) is 0 Å². The predicted octanol–water partition coefficient (Wildman–Crippen LogP) is 5.00. The van der Waals surface area contributed by atoms with Gasteiger partial charge in [-0.25, -0.2) is 4.79 Å². The number of carbonyl (C=O) groups excluding carboxylic acids is 3. The third-order valence-corrected chi connectivity index (χ3v) is 7.18. The van der Waals surface area contributed by atoms with Crippen LogP contribution in [0.2, 0.25) is 15.1 Å². The van der Waals surface area contributed by atoms with Crippen molar-refractivity contribution in [1.29, 1.82) is 0 Å². The summed E-state index contributed by atoms with van der Waals surface area (Å²) in [7, 11) is 0. The minimum atomic E-state index is -2.98. The van der Waals surface area contributed by atoms with Gasteiger partial charge < -0.3 is 19.7 Å². The molecule has 37 heavy (non-hydrogen) atoms. The number of hydrogen-bond donors (Lipinski definition) is 2. The summed E-state index contributed by atoms with van der Waals surface area (Å²) in [6, 6.07) is 16.5. The monoisotopic (exact) mass is 582 g/mol. The van der Waals surface area contributed by atoms with E-state index >= 15 is 0 Å². The topological polar surface area (TPSA) is 110 Å². The summed E-state index contributed by atoms with van der Waals surface area (Å²) >= 11 is 23.9. The van der Waals surface area contributed by atoms with Gasteiger partial charge in [-0.1, -0.05) is 46.4 Å². The molecule has 0 aromatic heterocycles. The summed E-state index contributed by atoms with van der Waals surface area (Å²) in [6.07, 6.45) is -1.73. The minimum absolute atomic E-state index is 0.0951. The fraction of sp³-hybridized carbons (Fsp3) is 0.192. The molecule has 0 unspecified atom stereocenters. The molecule has 7 nitrogen and oxygen atoms in total. The average molecular weight is 584 g/mol. The number of carbonyl (C=O) groups is 3. The van der Waals surface area contributed by atoms with Crippen LogP contribution in [0.4, 0.5) is 0 Å². The van der Waals surface area contributed by atoms with Crippen LogP contribution in [-0.2, 0) is 9.47 Å². The average Bonchev–Trinajstić information content (AvgIpc) is 3.09. The van der Waals surface area contributed by atoms with E-state index in [1.807, 2.05) is 0 Å². The zero-order valence-corrected chi connectivity index (χ0v) is 21.8. The van der Waals surface area contributed by atoms with Crippen molar-refractivity contribution >= 4 is 63.9 Å². The Morgan fingerprint density at radius 2 is 1.08 bits per heavy atom. The van der Waals surface area contributed by atoms with Gasteiger partial charge in [0.15, 0.2) is 11.2 Å². The van der Waals surface area contributed by atoms with Gasteiger partial charge in [-0.05, 0) is 72.8 Å². The summed E-state index contributed by atoms with van der Waals surface area (Å²) < 4.78 is 10.8. The molecular weight excluding hydrogens is 566 g/mol. The molecule has 4 atom stereocenters. The first kappa shape index (κ1) is 27.5. The Morgan fingerprint density at radius 1 is 0.703 bits per heavy atom. The largest absolute Gasteiger partial charge is 0.459 e. The molecule has 3 aromatic rings. The maximum atomic E-state index is 13.7. The number of esters is 1. The van der Waals surface area contributed by atoms with Crippen molar-refractivity contribution in [2.45, 2.75) is 22.9 Å². The quantitative estimate of drug-likeness (QED) is 0.229. The predicted molar refractivity (Wildman–Crippen MR) is 138 cm³/mol. The second-order valence-corrected chi connectivity index (χ2v) is 9.96. The molecule has 1 aliphatic rings. The SMILES string of the molecule is O=C(OC[C@H]1O[C@H](Cl)[C@](O)(C(=O)c2ccc(Cl)cc2)[C@@]1(O)C(=O)c1ccc(Cl)cc1)c1ccc(Cl)cc1. The minimum Gasteiger partial charge on any atom is -0.459 e. The lowest BCUT2D eigenvalue weighted by molar-refractivity contribution is -0.0959. The Bertz CT molecular complexity index is 1330. The Labute approximate surface area is 231 Å². The molecule has 192 valence electrons. The van der Waals surface area contributed by atoms with E-state index in [0.29, 0.717) is 15.1 Å². The van der Waals surface area contributed by atoms with Gasteiger partial charge in [0.05, 0.1) is 5.56 Å². The van der Waals surface area contributed by atoms with Crippen molar-refractivity contribution in [3.63, 3.8) is 0 Å². The van der Waals surface area contributed by atoms with Crippen LogP contribution in [0.1, 0.15) is 31.1 Å². The van der Waals surface area contributed by atoms with Gasteiger partial charge in [-0.3, -0.25) is 9.59 Å². The first-order valence-electron chi connectivity index (χ1n) is 10.8. The zero-order chi connectivity index (χ0) is 27.0. The van der Waals surface area contributed by atoms with Crippen LogP contribution >= 0.6 is 46.4 Å². The molecule has 1 saturated heterocycles. The summed E-state index contributed by atoms with van der Waals surface area (Å²) in [5, 5.41) is 24.5. The number of benzene rings is 3. The van der Waals surface area contributed by atoms with Crippen molar-refractivity contribution in [2.75, 3.05) is 6.61 Å². The van der Waals surface area contributed by atoms with Gasteiger partial charge in [0.2, 0.25) is 17.2 Å². The van der Waals surface area contributed by atoms with E-state index in [2.05, 4.69) is 0 Å². The maximum Gasteiger partial charge on any atom is 0.338 e. The van der Waals surface area contributed by atoms with Gasteiger partial charge in [0, 0.05) is 26.2 Å². The number of ketones is 2. The van der Waals surface area contributed by atoms with E-state index in [1.165, 1.54) is 72.8 Å². The molecule has 11 heteroatoms. The maximum absolute atomic E-state index is 13.7. The summed E-state index contributed by atoms with van der Waals surface area (Å²) in [5.74, 6) is -3.02.